The standard InChI is InChI=1S/C12H18O6/c1-7(2)10(15)18-8(3)5-12(4,11(16)17)6-9(13)14/h8H,1,5-6H2,2-4H3,(H,13,14)(H,16,17). The number of ether oxygens (including phenoxy) is 1. The summed E-state index contributed by atoms with van der Waals surface area (Å²) in [5.74, 6) is -3.06. The molecule has 0 saturated carbocycles. The van der Waals surface area contributed by atoms with Crippen LogP contribution in [0.25, 0.3) is 0 Å². The molecule has 0 saturated heterocycles. The Morgan fingerprint density at radius 3 is 2.17 bits per heavy atom. The molecule has 6 heteroatoms. The van der Waals surface area contributed by atoms with Crippen molar-refractivity contribution in [2.45, 2.75) is 39.7 Å². The minimum absolute atomic E-state index is 0.0757. The number of carbonyl (C=O) groups excluding carboxylic acids is 1. The fraction of sp³-hybridized carbons (Fsp3) is 0.583. The highest BCUT2D eigenvalue weighted by molar-refractivity contribution is 5.87. The fourth-order valence-electron chi connectivity index (χ4n) is 1.53. The van der Waals surface area contributed by atoms with E-state index >= 15 is 0 Å². The lowest BCUT2D eigenvalue weighted by Gasteiger charge is -2.26. The summed E-state index contributed by atoms with van der Waals surface area (Å²) in [6.07, 6.45) is -1.31. The van der Waals surface area contributed by atoms with Crippen LogP contribution in [0.4, 0.5) is 0 Å². The number of esters is 1. The van der Waals surface area contributed by atoms with Gasteiger partial charge in [-0.25, -0.2) is 4.79 Å². The zero-order chi connectivity index (χ0) is 14.5. The van der Waals surface area contributed by atoms with E-state index in [1.807, 2.05) is 0 Å². The summed E-state index contributed by atoms with van der Waals surface area (Å²) in [6.45, 7) is 7.71. The first-order chi connectivity index (χ1) is 8.08. The monoisotopic (exact) mass is 258 g/mol. The molecule has 0 aliphatic heterocycles. The van der Waals surface area contributed by atoms with Gasteiger partial charge in [-0.05, 0) is 20.8 Å². The largest absolute Gasteiger partial charge is 0.481 e. The Bertz CT molecular complexity index is 373. The van der Waals surface area contributed by atoms with E-state index in [1.165, 1.54) is 20.8 Å². The van der Waals surface area contributed by atoms with Gasteiger partial charge < -0.3 is 14.9 Å². The molecule has 0 aromatic carbocycles. The van der Waals surface area contributed by atoms with Crippen LogP contribution in [0.5, 0.6) is 0 Å². The van der Waals surface area contributed by atoms with Crippen molar-refractivity contribution in [2.75, 3.05) is 0 Å². The molecule has 0 fully saturated rings. The van der Waals surface area contributed by atoms with Gasteiger partial charge >= 0.3 is 17.9 Å². The van der Waals surface area contributed by atoms with Gasteiger partial charge in [-0.1, -0.05) is 6.58 Å². The summed E-state index contributed by atoms with van der Waals surface area (Å²) in [5.41, 5.74) is -1.27. The van der Waals surface area contributed by atoms with E-state index in [0.717, 1.165) is 0 Å². The predicted molar refractivity (Wildman–Crippen MR) is 63.0 cm³/mol. The molecule has 0 aromatic heterocycles. The van der Waals surface area contributed by atoms with Crippen LogP contribution >= 0.6 is 0 Å². The number of hydrogen-bond donors (Lipinski definition) is 2. The number of carboxylic acids is 2. The topological polar surface area (TPSA) is 101 Å². The van der Waals surface area contributed by atoms with Gasteiger partial charge in [0.05, 0.1) is 11.8 Å². The average molecular weight is 258 g/mol. The molecule has 18 heavy (non-hydrogen) atoms. The van der Waals surface area contributed by atoms with Crippen molar-refractivity contribution < 1.29 is 29.3 Å². The number of hydrogen-bond acceptors (Lipinski definition) is 4. The molecule has 102 valence electrons. The van der Waals surface area contributed by atoms with Gasteiger partial charge in [-0.3, -0.25) is 9.59 Å². The Morgan fingerprint density at radius 1 is 1.33 bits per heavy atom. The maximum absolute atomic E-state index is 11.2. The van der Waals surface area contributed by atoms with Crippen LogP contribution in [0.2, 0.25) is 0 Å². The molecule has 6 nitrogen and oxygen atoms in total. The van der Waals surface area contributed by atoms with Crippen LogP contribution in [-0.4, -0.2) is 34.2 Å². The minimum Gasteiger partial charge on any atom is -0.481 e. The third kappa shape index (κ3) is 4.99. The second-order valence-corrected chi connectivity index (χ2v) is 4.64. The van der Waals surface area contributed by atoms with E-state index < -0.39 is 35.8 Å². The molecule has 0 heterocycles. The minimum atomic E-state index is -1.47. The van der Waals surface area contributed by atoms with Gasteiger partial charge in [-0.15, -0.1) is 0 Å². The van der Waals surface area contributed by atoms with E-state index in [4.69, 9.17) is 14.9 Å². The highest BCUT2D eigenvalue weighted by Gasteiger charge is 2.38. The van der Waals surface area contributed by atoms with Gasteiger partial charge in [0.25, 0.3) is 0 Å². The van der Waals surface area contributed by atoms with Crippen LogP contribution in [0, 0.1) is 5.41 Å². The third-order valence-electron chi connectivity index (χ3n) is 2.45. The van der Waals surface area contributed by atoms with Crippen molar-refractivity contribution >= 4 is 17.9 Å². The molecule has 0 spiro atoms. The highest BCUT2D eigenvalue weighted by atomic mass is 16.5. The summed E-state index contributed by atoms with van der Waals surface area (Å²) in [5, 5.41) is 17.7. The van der Waals surface area contributed by atoms with Gasteiger partial charge in [0, 0.05) is 12.0 Å². The van der Waals surface area contributed by atoms with Crippen molar-refractivity contribution in [1.82, 2.24) is 0 Å². The zero-order valence-corrected chi connectivity index (χ0v) is 10.7. The Morgan fingerprint density at radius 2 is 1.83 bits per heavy atom. The Kier molecular flexibility index (Phi) is 5.55. The smallest absolute Gasteiger partial charge is 0.333 e. The van der Waals surface area contributed by atoms with Gasteiger partial charge in [-0.2, -0.15) is 0 Å². The molecular formula is C12H18O6. The van der Waals surface area contributed by atoms with Crippen molar-refractivity contribution in [3.8, 4) is 0 Å². The maximum atomic E-state index is 11.2. The Labute approximate surface area is 105 Å². The molecule has 0 rings (SSSR count). The number of aliphatic carboxylic acids is 2. The zero-order valence-electron chi connectivity index (χ0n) is 10.7. The second kappa shape index (κ2) is 6.18. The number of carbonyl (C=O) groups is 3. The van der Waals surface area contributed by atoms with E-state index in [2.05, 4.69) is 6.58 Å². The Hall–Kier alpha value is -1.85. The van der Waals surface area contributed by atoms with Crippen LogP contribution in [0.15, 0.2) is 12.2 Å². The molecule has 0 radical (unpaired) electrons. The summed E-state index contributed by atoms with van der Waals surface area (Å²) >= 11 is 0. The molecule has 2 unspecified atom stereocenters. The van der Waals surface area contributed by atoms with Crippen molar-refractivity contribution in [2.24, 2.45) is 5.41 Å². The predicted octanol–water partition coefficient (Wildman–Crippen LogP) is 1.45. The molecule has 0 amide bonds. The summed E-state index contributed by atoms with van der Waals surface area (Å²) in [6, 6.07) is 0. The van der Waals surface area contributed by atoms with Gasteiger partial charge in [0.15, 0.2) is 0 Å². The van der Waals surface area contributed by atoms with Crippen LogP contribution < -0.4 is 0 Å². The third-order valence-corrected chi connectivity index (χ3v) is 2.45. The second-order valence-electron chi connectivity index (χ2n) is 4.64. The Balaban J connectivity index is 4.69. The highest BCUT2D eigenvalue weighted by Crippen LogP contribution is 2.29. The number of carboxylic acid groups (broad SMARTS) is 2. The van der Waals surface area contributed by atoms with E-state index in [0.29, 0.717) is 0 Å². The lowest BCUT2D eigenvalue weighted by molar-refractivity contribution is -0.159. The molecule has 0 aliphatic rings. The van der Waals surface area contributed by atoms with E-state index in [-0.39, 0.29) is 12.0 Å². The molecule has 0 aromatic rings. The average Bonchev–Trinajstić information content (AvgIpc) is 2.14. The molecular weight excluding hydrogens is 240 g/mol. The summed E-state index contributed by atoms with van der Waals surface area (Å²) in [7, 11) is 0. The summed E-state index contributed by atoms with van der Waals surface area (Å²) in [4.78, 5) is 33.0. The maximum Gasteiger partial charge on any atom is 0.333 e. The van der Waals surface area contributed by atoms with Gasteiger partial charge in [0.2, 0.25) is 0 Å². The summed E-state index contributed by atoms with van der Waals surface area (Å²) < 4.78 is 4.94. The SMILES string of the molecule is C=C(C)C(=O)OC(C)CC(C)(CC(=O)O)C(=O)O. The van der Waals surface area contributed by atoms with Gasteiger partial charge in [0.1, 0.15) is 6.10 Å². The van der Waals surface area contributed by atoms with Crippen LogP contribution in [0.1, 0.15) is 33.6 Å². The lowest BCUT2D eigenvalue weighted by atomic mass is 9.81. The first-order valence-corrected chi connectivity index (χ1v) is 5.40. The normalized spacial score (nSPS) is 15.3. The first-order valence-electron chi connectivity index (χ1n) is 5.40. The van der Waals surface area contributed by atoms with E-state index in [1.54, 1.807) is 0 Å². The molecule has 0 bridgehead atoms. The van der Waals surface area contributed by atoms with Crippen molar-refractivity contribution in [3.63, 3.8) is 0 Å². The lowest BCUT2D eigenvalue weighted by Crippen LogP contribution is -2.35. The van der Waals surface area contributed by atoms with Crippen LogP contribution in [0.3, 0.4) is 0 Å². The quantitative estimate of drug-likeness (QED) is 0.529. The van der Waals surface area contributed by atoms with Crippen molar-refractivity contribution in [1.29, 1.82) is 0 Å². The molecule has 0 aliphatic carbocycles. The fourth-order valence-corrected chi connectivity index (χ4v) is 1.53. The van der Waals surface area contributed by atoms with Crippen molar-refractivity contribution in [3.05, 3.63) is 12.2 Å². The molecule has 2 N–H and O–H groups in total. The first kappa shape index (κ1) is 16.1. The van der Waals surface area contributed by atoms with Crippen LogP contribution in [-0.2, 0) is 19.1 Å². The molecule has 2 atom stereocenters. The van der Waals surface area contributed by atoms with E-state index in [9.17, 15) is 14.4 Å². The number of rotatable bonds is 7.